The fourth-order valence-electron chi connectivity index (χ4n) is 4.30. The van der Waals surface area contributed by atoms with Gasteiger partial charge < -0.3 is 19.6 Å². The molecule has 0 spiro atoms. The zero-order valence-electron chi connectivity index (χ0n) is 18.5. The van der Waals surface area contributed by atoms with Crippen molar-refractivity contribution in [3.8, 4) is 0 Å². The van der Waals surface area contributed by atoms with Gasteiger partial charge in [-0.05, 0) is 43.0 Å². The number of aromatic nitrogens is 2. The topological polar surface area (TPSA) is 109 Å². The number of nitrogens with zero attached hydrogens (tertiary/aromatic N) is 4. The Morgan fingerprint density at radius 1 is 1.09 bits per heavy atom. The molecule has 2 aromatic rings. The minimum absolute atomic E-state index is 0.226. The molecule has 4 rings (SSSR count). The third-order valence-electron chi connectivity index (χ3n) is 6.08. The van der Waals surface area contributed by atoms with Gasteiger partial charge in [0.25, 0.3) is 5.82 Å². The number of halogens is 5. The number of anilines is 2. The van der Waals surface area contributed by atoms with Crippen molar-refractivity contribution in [3.05, 3.63) is 29.6 Å². The molecule has 0 bridgehead atoms. The molecule has 1 amide bonds. The molecule has 0 saturated carbocycles. The molecule has 3 heterocycles. The summed E-state index contributed by atoms with van der Waals surface area (Å²) in [5.74, 6) is -3.97. The van der Waals surface area contributed by atoms with Gasteiger partial charge in [-0.15, -0.1) is 0 Å². The molecule has 9 nitrogen and oxygen atoms in total. The SMILES string of the molecule is CS(=O)(=O)c1cc(F)c(N[C@H]2CCCN(C3CCN(c4nc(C(F)(F)F)no4)CC3)C2=O)c(F)c1. The van der Waals surface area contributed by atoms with Gasteiger partial charge in [0, 0.05) is 31.9 Å². The van der Waals surface area contributed by atoms with Gasteiger partial charge in [0.15, 0.2) is 21.5 Å². The summed E-state index contributed by atoms with van der Waals surface area (Å²) in [5, 5.41) is 5.53. The zero-order chi connectivity index (χ0) is 25.5. The Morgan fingerprint density at radius 2 is 1.71 bits per heavy atom. The number of amides is 1. The van der Waals surface area contributed by atoms with Crippen LogP contribution in [0.5, 0.6) is 0 Å². The molecule has 35 heavy (non-hydrogen) atoms. The Bertz CT molecular complexity index is 1190. The Balaban J connectivity index is 1.41. The number of alkyl halides is 3. The van der Waals surface area contributed by atoms with Gasteiger partial charge in [-0.2, -0.15) is 18.2 Å². The summed E-state index contributed by atoms with van der Waals surface area (Å²) in [6.45, 7) is 0.989. The van der Waals surface area contributed by atoms with E-state index < -0.39 is 50.1 Å². The van der Waals surface area contributed by atoms with Crippen LogP contribution in [0.15, 0.2) is 21.6 Å². The average Bonchev–Trinajstić information content (AvgIpc) is 3.28. The number of likely N-dealkylation sites (tertiary alicyclic amines) is 1. The summed E-state index contributed by atoms with van der Waals surface area (Å²) in [6.07, 6.45) is -2.15. The lowest BCUT2D eigenvalue weighted by Gasteiger charge is -2.42. The number of rotatable bonds is 5. The highest BCUT2D eigenvalue weighted by Gasteiger charge is 2.39. The molecule has 1 N–H and O–H groups in total. The monoisotopic (exact) mass is 523 g/mol. The summed E-state index contributed by atoms with van der Waals surface area (Å²) >= 11 is 0. The van der Waals surface area contributed by atoms with Gasteiger partial charge in [0.1, 0.15) is 11.7 Å². The van der Waals surface area contributed by atoms with Gasteiger partial charge in [-0.25, -0.2) is 17.2 Å². The van der Waals surface area contributed by atoms with E-state index in [0.29, 0.717) is 44.4 Å². The van der Waals surface area contributed by atoms with Crippen LogP contribution in [-0.4, -0.2) is 67.3 Å². The quantitative estimate of drug-likeness (QED) is 0.597. The van der Waals surface area contributed by atoms with Crippen molar-refractivity contribution < 1.29 is 39.7 Å². The van der Waals surface area contributed by atoms with Gasteiger partial charge in [0.2, 0.25) is 5.91 Å². The van der Waals surface area contributed by atoms with E-state index in [1.165, 1.54) is 4.90 Å². The molecule has 0 aliphatic carbocycles. The van der Waals surface area contributed by atoms with E-state index >= 15 is 0 Å². The maximum absolute atomic E-state index is 14.5. The Kier molecular flexibility index (Phi) is 6.64. The number of sulfone groups is 1. The molecule has 2 aliphatic heterocycles. The van der Waals surface area contributed by atoms with Crippen molar-refractivity contribution in [1.29, 1.82) is 0 Å². The van der Waals surface area contributed by atoms with Crippen molar-refractivity contribution in [2.24, 2.45) is 0 Å². The molecule has 0 unspecified atom stereocenters. The molecule has 1 aromatic carbocycles. The van der Waals surface area contributed by atoms with Crippen LogP contribution in [0.25, 0.3) is 0 Å². The van der Waals surface area contributed by atoms with Crippen LogP contribution in [0.3, 0.4) is 0 Å². The third kappa shape index (κ3) is 5.33. The molecule has 2 saturated heterocycles. The Hall–Kier alpha value is -2.97. The number of piperidine rings is 2. The molecule has 15 heteroatoms. The van der Waals surface area contributed by atoms with Crippen molar-refractivity contribution in [1.82, 2.24) is 15.0 Å². The van der Waals surface area contributed by atoms with Gasteiger partial charge in [-0.1, -0.05) is 0 Å². The summed E-state index contributed by atoms with van der Waals surface area (Å²) in [7, 11) is -3.82. The second-order valence-electron chi connectivity index (χ2n) is 8.52. The summed E-state index contributed by atoms with van der Waals surface area (Å²) in [4.78, 5) is 19.1. The number of hydrogen-bond donors (Lipinski definition) is 1. The van der Waals surface area contributed by atoms with E-state index in [1.807, 2.05) is 0 Å². The molecule has 2 aliphatic rings. The lowest BCUT2D eigenvalue weighted by molar-refractivity contribution is -0.146. The molecule has 192 valence electrons. The Morgan fingerprint density at radius 3 is 2.26 bits per heavy atom. The fraction of sp³-hybridized carbons (Fsp3) is 0.550. The van der Waals surface area contributed by atoms with Crippen LogP contribution >= 0.6 is 0 Å². The summed E-state index contributed by atoms with van der Waals surface area (Å²) in [6, 6.07) is 0.00610. The van der Waals surface area contributed by atoms with E-state index in [2.05, 4.69) is 15.5 Å². The fourth-order valence-corrected chi connectivity index (χ4v) is 4.94. The van der Waals surface area contributed by atoms with Crippen LogP contribution in [0.4, 0.5) is 33.7 Å². The van der Waals surface area contributed by atoms with Crippen LogP contribution in [0.2, 0.25) is 0 Å². The highest BCUT2D eigenvalue weighted by atomic mass is 32.2. The van der Waals surface area contributed by atoms with Gasteiger partial charge in [0.05, 0.1) is 4.90 Å². The number of nitrogens with one attached hydrogen (secondary N) is 1. The summed E-state index contributed by atoms with van der Waals surface area (Å²) in [5.41, 5.74) is -0.579. The van der Waals surface area contributed by atoms with Crippen LogP contribution in [0, 0.1) is 11.6 Å². The van der Waals surface area contributed by atoms with E-state index in [9.17, 15) is 35.2 Å². The molecular weight excluding hydrogens is 501 g/mol. The average molecular weight is 523 g/mol. The van der Waals surface area contributed by atoms with Crippen molar-refractivity contribution in [3.63, 3.8) is 0 Å². The zero-order valence-corrected chi connectivity index (χ0v) is 19.3. The highest BCUT2D eigenvalue weighted by molar-refractivity contribution is 7.90. The number of benzene rings is 1. The van der Waals surface area contributed by atoms with E-state index in [1.54, 1.807) is 4.90 Å². The number of hydrogen-bond acceptors (Lipinski definition) is 8. The van der Waals surface area contributed by atoms with Gasteiger partial charge in [-0.3, -0.25) is 4.79 Å². The van der Waals surface area contributed by atoms with Crippen molar-refractivity contribution >= 4 is 27.4 Å². The molecule has 1 atom stereocenters. The lowest BCUT2D eigenvalue weighted by Crippen LogP contribution is -2.54. The molecule has 0 radical (unpaired) electrons. The minimum atomic E-state index is -4.72. The molecule has 1 aromatic heterocycles. The van der Waals surface area contributed by atoms with Crippen molar-refractivity contribution in [2.45, 2.75) is 48.8 Å². The van der Waals surface area contributed by atoms with E-state index in [4.69, 9.17) is 4.52 Å². The first-order valence-corrected chi connectivity index (χ1v) is 12.7. The van der Waals surface area contributed by atoms with Crippen molar-refractivity contribution in [2.75, 3.05) is 36.1 Å². The van der Waals surface area contributed by atoms with Crippen LogP contribution in [-0.2, 0) is 20.8 Å². The molecule has 2 fully saturated rings. The largest absolute Gasteiger partial charge is 0.455 e. The minimum Gasteiger partial charge on any atom is -0.369 e. The molecular formula is C20H22F5N5O4S. The number of carbonyl (C=O) groups is 1. The van der Waals surface area contributed by atoms with Crippen LogP contribution < -0.4 is 10.2 Å². The predicted molar refractivity (Wildman–Crippen MR) is 112 cm³/mol. The third-order valence-corrected chi connectivity index (χ3v) is 7.17. The van der Waals surface area contributed by atoms with Gasteiger partial charge >= 0.3 is 12.2 Å². The van der Waals surface area contributed by atoms with E-state index in [0.717, 1.165) is 6.26 Å². The Labute approximate surface area is 197 Å². The normalized spacial score (nSPS) is 20.4. The number of carbonyl (C=O) groups excluding carboxylic acids is 1. The smallest absolute Gasteiger partial charge is 0.369 e. The van der Waals surface area contributed by atoms with Crippen LogP contribution in [0.1, 0.15) is 31.5 Å². The first-order chi connectivity index (χ1) is 16.3. The predicted octanol–water partition coefficient (Wildman–Crippen LogP) is 2.84. The van der Waals surface area contributed by atoms with E-state index in [-0.39, 0.29) is 31.1 Å². The maximum Gasteiger partial charge on any atom is 0.455 e. The summed E-state index contributed by atoms with van der Waals surface area (Å²) < 4.78 is 94.9. The highest BCUT2D eigenvalue weighted by Crippen LogP contribution is 2.31. The maximum atomic E-state index is 14.5. The first kappa shape index (κ1) is 25.1. The first-order valence-electron chi connectivity index (χ1n) is 10.8. The lowest BCUT2D eigenvalue weighted by atomic mass is 9.97. The second kappa shape index (κ2) is 9.24. The second-order valence-corrected chi connectivity index (χ2v) is 10.5. The standard InChI is InChI=1S/C20H22F5N5O4S/c1-35(32,33)12-9-13(21)16(14(22)10-12)26-15-3-2-6-30(17(15)31)11-4-7-29(8-5-11)19-27-18(28-34-19)20(23,24)25/h9-11,15,26H,2-8H2,1H3/t15-/m0/s1.